The van der Waals surface area contributed by atoms with E-state index in [4.69, 9.17) is 5.73 Å². The molecule has 0 spiro atoms. The van der Waals surface area contributed by atoms with Crippen LogP contribution in [0.4, 0.5) is 8.78 Å². The Morgan fingerprint density at radius 2 is 1.67 bits per heavy atom. The van der Waals surface area contributed by atoms with Crippen molar-refractivity contribution < 1.29 is 13.6 Å². The summed E-state index contributed by atoms with van der Waals surface area (Å²) in [7, 11) is 0. The number of carbonyl (C=O) groups is 1. The van der Waals surface area contributed by atoms with Crippen LogP contribution in [0.25, 0.3) is 0 Å². The number of carbonyl (C=O) groups excluding carboxylic acids is 1. The van der Waals surface area contributed by atoms with Gasteiger partial charge in [0, 0.05) is 43.9 Å². The van der Waals surface area contributed by atoms with Gasteiger partial charge >= 0.3 is 0 Å². The quantitative estimate of drug-likeness (QED) is 0.806. The molecular formula is C19H29Cl2F2N3O. The number of piperazine rings is 1. The first kappa shape index (κ1) is 24.1. The maximum atomic E-state index is 14.0. The molecule has 1 aromatic carbocycles. The molecule has 1 atom stereocenters. The summed E-state index contributed by atoms with van der Waals surface area (Å²) in [6, 6.07) is 3.56. The molecule has 2 fully saturated rings. The van der Waals surface area contributed by atoms with Crippen molar-refractivity contribution in [3.63, 3.8) is 0 Å². The average molecular weight is 424 g/mol. The summed E-state index contributed by atoms with van der Waals surface area (Å²) < 4.78 is 27.1. The van der Waals surface area contributed by atoms with E-state index in [2.05, 4.69) is 4.90 Å². The van der Waals surface area contributed by atoms with Gasteiger partial charge in [0.1, 0.15) is 11.6 Å². The predicted molar refractivity (Wildman–Crippen MR) is 107 cm³/mol. The van der Waals surface area contributed by atoms with Crippen molar-refractivity contribution in [1.82, 2.24) is 9.80 Å². The third-order valence-corrected chi connectivity index (χ3v) is 5.73. The van der Waals surface area contributed by atoms with E-state index >= 15 is 0 Å². The van der Waals surface area contributed by atoms with Crippen molar-refractivity contribution in [2.45, 2.75) is 50.6 Å². The van der Waals surface area contributed by atoms with Gasteiger partial charge in [-0.2, -0.15) is 0 Å². The van der Waals surface area contributed by atoms with Crippen LogP contribution < -0.4 is 5.73 Å². The van der Waals surface area contributed by atoms with Crippen LogP contribution in [0.2, 0.25) is 0 Å². The van der Waals surface area contributed by atoms with Gasteiger partial charge in [0.15, 0.2) is 0 Å². The number of halogens is 4. The molecule has 1 aliphatic carbocycles. The zero-order valence-electron chi connectivity index (χ0n) is 15.6. The molecule has 1 unspecified atom stereocenters. The van der Waals surface area contributed by atoms with Crippen molar-refractivity contribution >= 4 is 30.7 Å². The highest BCUT2D eigenvalue weighted by molar-refractivity contribution is 5.86. The highest BCUT2D eigenvalue weighted by Gasteiger charge is 2.39. The first-order valence-corrected chi connectivity index (χ1v) is 9.18. The SMILES string of the molecule is CC(c1ccc(F)cc1F)N1CCN(C(=O)C2(N)CCCCC2)CC1.Cl.Cl. The van der Waals surface area contributed by atoms with Gasteiger partial charge in [-0.3, -0.25) is 9.69 Å². The minimum absolute atomic E-state index is 0. The number of hydrogen-bond donors (Lipinski definition) is 1. The minimum atomic E-state index is -0.699. The molecule has 1 saturated carbocycles. The number of nitrogens with two attached hydrogens (primary N) is 1. The summed E-state index contributed by atoms with van der Waals surface area (Å²) >= 11 is 0. The van der Waals surface area contributed by atoms with Crippen LogP contribution >= 0.6 is 24.8 Å². The Morgan fingerprint density at radius 1 is 1.07 bits per heavy atom. The maximum Gasteiger partial charge on any atom is 0.242 e. The van der Waals surface area contributed by atoms with Gasteiger partial charge in [0.05, 0.1) is 5.54 Å². The fourth-order valence-corrected chi connectivity index (χ4v) is 4.06. The molecule has 2 aliphatic rings. The second-order valence-electron chi connectivity index (χ2n) is 7.39. The van der Waals surface area contributed by atoms with Crippen molar-refractivity contribution in [2.75, 3.05) is 26.2 Å². The van der Waals surface area contributed by atoms with Crippen LogP contribution in [0, 0.1) is 11.6 Å². The predicted octanol–water partition coefficient (Wildman–Crippen LogP) is 3.68. The highest BCUT2D eigenvalue weighted by atomic mass is 35.5. The first-order chi connectivity index (χ1) is 11.9. The van der Waals surface area contributed by atoms with Crippen LogP contribution in [0.5, 0.6) is 0 Å². The van der Waals surface area contributed by atoms with Gasteiger partial charge in [0.2, 0.25) is 5.91 Å². The van der Waals surface area contributed by atoms with E-state index in [1.807, 2.05) is 11.8 Å². The minimum Gasteiger partial charge on any atom is -0.339 e. The van der Waals surface area contributed by atoms with Crippen molar-refractivity contribution in [1.29, 1.82) is 0 Å². The molecule has 1 heterocycles. The fourth-order valence-electron chi connectivity index (χ4n) is 4.06. The van der Waals surface area contributed by atoms with Crippen LogP contribution in [0.1, 0.15) is 50.6 Å². The third-order valence-electron chi connectivity index (χ3n) is 5.73. The molecule has 1 saturated heterocycles. The van der Waals surface area contributed by atoms with Crippen LogP contribution in [-0.2, 0) is 4.79 Å². The van der Waals surface area contributed by atoms with Gasteiger partial charge in [-0.05, 0) is 25.8 Å². The fraction of sp³-hybridized carbons (Fsp3) is 0.632. The van der Waals surface area contributed by atoms with E-state index in [-0.39, 0.29) is 36.8 Å². The smallest absolute Gasteiger partial charge is 0.242 e. The lowest BCUT2D eigenvalue weighted by Gasteiger charge is -2.42. The normalized spacial score (nSPS) is 21.0. The summed E-state index contributed by atoms with van der Waals surface area (Å²) in [6.45, 7) is 4.45. The van der Waals surface area contributed by atoms with Gasteiger partial charge in [0.25, 0.3) is 0 Å². The van der Waals surface area contributed by atoms with E-state index in [1.54, 1.807) is 0 Å². The lowest BCUT2D eigenvalue weighted by molar-refractivity contribution is -0.140. The zero-order chi connectivity index (χ0) is 18.0. The Hall–Kier alpha value is -0.950. The Labute approximate surface area is 172 Å². The summed E-state index contributed by atoms with van der Waals surface area (Å²) in [5.41, 5.74) is 6.15. The van der Waals surface area contributed by atoms with Gasteiger partial charge in [-0.1, -0.05) is 25.3 Å². The first-order valence-electron chi connectivity index (χ1n) is 9.18. The lowest BCUT2D eigenvalue weighted by atomic mass is 9.81. The third kappa shape index (κ3) is 5.31. The molecule has 8 heteroatoms. The standard InChI is InChI=1S/C19H27F2N3O.2ClH/c1-14(16-6-5-15(20)13-17(16)21)23-9-11-24(12-10-23)18(25)19(22)7-3-2-4-8-19;;/h5-6,13-14H,2-4,7-12,22H2,1H3;2*1H. The molecular weight excluding hydrogens is 395 g/mol. The van der Waals surface area contributed by atoms with Gasteiger partial charge in [-0.15, -0.1) is 24.8 Å². The van der Waals surface area contributed by atoms with Crippen molar-refractivity contribution in [3.8, 4) is 0 Å². The molecule has 1 amide bonds. The van der Waals surface area contributed by atoms with Crippen molar-refractivity contribution in [2.24, 2.45) is 5.73 Å². The topological polar surface area (TPSA) is 49.6 Å². The highest BCUT2D eigenvalue weighted by Crippen LogP contribution is 2.29. The molecule has 154 valence electrons. The number of amides is 1. The molecule has 0 bridgehead atoms. The van der Waals surface area contributed by atoms with Gasteiger partial charge in [-0.25, -0.2) is 8.78 Å². The molecule has 2 N–H and O–H groups in total. The van der Waals surface area contributed by atoms with E-state index in [0.717, 1.165) is 38.2 Å². The molecule has 3 rings (SSSR count). The Bertz CT molecular complexity index is 633. The second kappa shape index (κ2) is 10.0. The number of hydrogen-bond acceptors (Lipinski definition) is 3. The van der Waals surface area contributed by atoms with Crippen LogP contribution in [0.15, 0.2) is 18.2 Å². The molecule has 27 heavy (non-hydrogen) atoms. The van der Waals surface area contributed by atoms with Crippen LogP contribution in [-0.4, -0.2) is 47.4 Å². The van der Waals surface area contributed by atoms with E-state index in [0.29, 0.717) is 31.7 Å². The second-order valence-corrected chi connectivity index (χ2v) is 7.39. The summed E-state index contributed by atoms with van der Waals surface area (Å²) in [5, 5.41) is 0. The zero-order valence-corrected chi connectivity index (χ0v) is 17.3. The Balaban J connectivity index is 0.00000182. The summed E-state index contributed by atoms with van der Waals surface area (Å²) in [4.78, 5) is 16.8. The Morgan fingerprint density at radius 3 is 2.22 bits per heavy atom. The van der Waals surface area contributed by atoms with E-state index < -0.39 is 17.2 Å². The van der Waals surface area contributed by atoms with Crippen molar-refractivity contribution in [3.05, 3.63) is 35.4 Å². The largest absolute Gasteiger partial charge is 0.339 e. The lowest BCUT2D eigenvalue weighted by Crippen LogP contribution is -2.60. The maximum absolute atomic E-state index is 14.0. The summed E-state index contributed by atoms with van der Waals surface area (Å²) in [6.07, 6.45) is 4.72. The Kier molecular flexibility index (Phi) is 8.93. The molecule has 1 aromatic rings. The van der Waals surface area contributed by atoms with E-state index in [1.165, 1.54) is 12.1 Å². The molecule has 1 aliphatic heterocycles. The van der Waals surface area contributed by atoms with Gasteiger partial charge < -0.3 is 10.6 Å². The number of nitrogens with zero attached hydrogens (tertiary/aromatic N) is 2. The molecule has 4 nitrogen and oxygen atoms in total. The van der Waals surface area contributed by atoms with Crippen LogP contribution in [0.3, 0.4) is 0 Å². The van der Waals surface area contributed by atoms with E-state index in [9.17, 15) is 13.6 Å². The summed E-state index contributed by atoms with van der Waals surface area (Å²) in [5.74, 6) is -1.02. The number of rotatable bonds is 3. The number of benzene rings is 1. The molecule has 0 aromatic heterocycles. The monoisotopic (exact) mass is 423 g/mol. The molecule has 0 radical (unpaired) electrons. The average Bonchev–Trinajstić information content (AvgIpc) is 2.61.